The predicted molar refractivity (Wildman–Crippen MR) is 111 cm³/mol. The van der Waals surface area contributed by atoms with Crippen molar-refractivity contribution in [3.63, 3.8) is 0 Å². The van der Waals surface area contributed by atoms with Gasteiger partial charge in [-0.2, -0.15) is 5.26 Å². The quantitative estimate of drug-likeness (QED) is 0.755. The Morgan fingerprint density at radius 3 is 2.38 bits per heavy atom. The zero-order valence-corrected chi connectivity index (χ0v) is 17.0. The number of rotatable bonds is 6. The first-order chi connectivity index (χ1) is 14.1. The van der Waals surface area contributed by atoms with Crippen LogP contribution in [-0.4, -0.2) is 55.1 Å². The van der Waals surface area contributed by atoms with Gasteiger partial charge in [0, 0.05) is 32.7 Å². The van der Waals surface area contributed by atoms with Gasteiger partial charge in [-0.05, 0) is 55.3 Å². The van der Waals surface area contributed by atoms with E-state index in [2.05, 4.69) is 11.0 Å². The highest BCUT2D eigenvalue weighted by Crippen LogP contribution is 2.19. The van der Waals surface area contributed by atoms with Gasteiger partial charge in [-0.25, -0.2) is 0 Å². The zero-order chi connectivity index (χ0) is 20.6. The minimum atomic E-state index is -0.534. The van der Waals surface area contributed by atoms with Gasteiger partial charge in [0.15, 0.2) is 6.10 Å². The predicted octanol–water partition coefficient (Wildman–Crippen LogP) is 3.07. The smallest absolute Gasteiger partial charge is 0.263 e. The largest absolute Gasteiger partial charge is 0.497 e. The Bertz CT molecular complexity index is 843. The summed E-state index contributed by atoms with van der Waals surface area (Å²) < 4.78 is 11.0. The lowest BCUT2D eigenvalue weighted by Gasteiger charge is -2.25. The number of benzene rings is 2. The molecule has 1 aliphatic heterocycles. The molecule has 2 aromatic rings. The molecule has 1 heterocycles. The van der Waals surface area contributed by atoms with Crippen molar-refractivity contribution < 1.29 is 14.3 Å². The number of nitriles is 1. The van der Waals surface area contributed by atoms with E-state index in [4.69, 9.17) is 14.7 Å². The lowest BCUT2D eigenvalue weighted by Crippen LogP contribution is -2.42. The van der Waals surface area contributed by atoms with Crippen LogP contribution in [0.3, 0.4) is 0 Å². The summed E-state index contributed by atoms with van der Waals surface area (Å²) in [6.45, 7) is 5.81. The summed E-state index contributed by atoms with van der Waals surface area (Å²) in [7, 11) is 1.62. The van der Waals surface area contributed by atoms with E-state index in [0.717, 1.165) is 38.3 Å². The SMILES string of the molecule is COc1ccc(OC(C)C(=O)N2CCCN(Cc3ccc(C#N)cc3)CC2)cc1. The van der Waals surface area contributed by atoms with Gasteiger partial charge in [-0.1, -0.05) is 12.1 Å². The molecule has 0 saturated carbocycles. The molecule has 1 fully saturated rings. The average Bonchev–Trinajstić information content (AvgIpc) is 3.00. The molecule has 2 aromatic carbocycles. The van der Waals surface area contributed by atoms with E-state index >= 15 is 0 Å². The third kappa shape index (κ3) is 5.72. The summed E-state index contributed by atoms with van der Waals surface area (Å²) in [4.78, 5) is 17.1. The van der Waals surface area contributed by atoms with E-state index in [1.807, 2.05) is 53.4 Å². The number of methoxy groups -OCH3 is 1. The molecule has 1 amide bonds. The second-order valence-electron chi connectivity index (χ2n) is 7.20. The minimum Gasteiger partial charge on any atom is -0.497 e. The summed E-state index contributed by atoms with van der Waals surface area (Å²) >= 11 is 0. The van der Waals surface area contributed by atoms with Crippen molar-refractivity contribution >= 4 is 5.91 Å². The van der Waals surface area contributed by atoms with Gasteiger partial charge in [-0.15, -0.1) is 0 Å². The van der Waals surface area contributed by atoms with Crippen molar-refractivity contribution in [3.05, 3.63) is 59.7 Å². The van der Waals surface area contributed by atoms with Crippen molar-refractivity contribution in [2.45, 2.75) is 26.0 Å². The number of hydrogen-bond acceptors (Lipinski definition) is 5. The summed E-state index contributed by atoms with van der Waals surface area (Å²) in [5, 5.41) is 8.92. The maximum Gasteiger partial charge on any atom is 0.263 e. The number of carbonyl (C=O) groups is 1. The van der Waals surface area contributed by atoms with Gasteiger partial charge in [0.1, 0.15) is 11.5 Å². The van der Waals surface area contributed by atoms with Gasteiger partial charge in [0.05, 0.1) is 18.7 Å². The molecular weight excluding hydrogens is 366 g/mol. The van der Waals surface area contributed by atoms with Crippen molar-refractivity contribution in [3.8, 4) is 17.6 Å². The van der Waals surface area contributed by atoms with Crippen LogP contribution in [0, 0.1) is 11.3 Å². The Hall–Kier alpha value is -3.04. The molecule has 29 heavy (non-hydrogen) atoms. The van der Waals surface area contributed by atoms with E-state index in [1.165, 1.54) is 5.56 Å². The van der Waals surface area contributed by atoms with Gasteiger partial charge in [0.2, 0.25) is 0 Å². The van der Waals surface area contributed by atoms with Crippen molar-refractivity contribution in [1.29, 1.82) is 5.26 Å². The number of nitrogens with zero attached hydrogens (tertiary/aromatic N) is 3. The molecule has 152 valence electrons. The highest BCUT2D eigenvalue weighted by molar-refractivity contribution is 5.81. The molecule has 6 nitrogen and oxygen atoms in total. The van der Waals surface area contributed by atoms with E-state index in [0.29, 0.717) is 17.9 Å². The zero-order valence-electron chi connectivity index (χ0n) is 17.0. The first kappa shape index (κ1) is 20.7. The number of carbonyl (C=O) groups excluding carboxylic acids is 1. The summed E-state index contributed by atoms with van der Waals surface area (Å²) in [5.41, 5.74) is 1.85. The number of hydrogen-bond donors (Lipinski definition) is 0. The molecule has 0 aromatic heterocycles. The maximum absolute atomic E-state index is 12.8. The molecule has 0 radical (unpaired) electrons. The van der Waals surface area contributed by atoms with Crippen LogP contribution in [-0.2, 0) is 11.3 Å². The number of ether oxygens (including phenoxy) is 2. The lowest BCUT2D eigenvalue weighted by atomic mass is 10.1. The second kappa shape index (κ2) is 9.94. The van der Waals surface area contributed by atoms with Crippen LogP contribution in [0.4, 0.5) is 0 Å². The van der Waals surface area contributed by atoms with Gasteiger partial charge < -0.3 is 14.4 Å². The topological polar surface area (TPSA) is 65.8 Å². The fourth-order valence-corrected chi connectivity index (χ4v) is 3.46. The highest BCUT2D eigenvalue weighted by Gasteiger charge is 2.24. The first-order valence-corrected chi connectivity index (χ1v) is 9.90. The molecule has 1 unspecified atom stereocenters. The Labute approximate surface area is 172 Å². The number of amides is 1. The Morgan fingerprint density at radius 2 is 1.72 bits per heavy atom. The molecule has 1 atom stereocenters. The molecular formula is C23H27N3O3. The molecule has 6 heteroatoms. The molecule has 0 aliphatic carbocycles. The molecule has 3 rings (SSSR count). The standard InChI is InChI=1S/C23H27N3O3/c1-18(29-22-10-8-21(28-2)9-11-22)23(27)26-13-3-12-25(14-15-26)17-20-6-4-19(16-24)5-7-20/h4-11,18H,3,12-15,17H2,1-2H3. The van der Waals surface area contributed by atoms with Crippen LogP contribution in [0.25, 0.3) is 0 Å². The van der Waals surface area contributed by atoms with Gasteiger partial charge >= 0.3 is 0 Å². The van der Waals surface area contributed by atoms with Gasteiger partial charge in [0.25, 0.3) is 5.91 Å². The highest BCUT2D eigenvalue weighted by atomic mass is 16.5. The molecule has 0 spiro atoms. The molecule has 0 bridgehead atoms. The van der Waals surface area contributed by atoms with Crippen LogP contribution in [0.2, 0.25) is 0 Å². The van der Waals surface area contributed by atoms with Crippen LogP contribution in [0.1, 0.15) is 24.5 Å². The second-order valence-corrected chi connectivity index (χ2v) is 7.20. The summed E-state index contributed by atoms with van der Waals surface area (Å²) in [6, 6.07) is 17.1. The maximum atomic E-state index is 12.8. The Morgan fingerprint density at radius 1 is 1.03 bits per heavy atom. The average molecular weight is 393 g/mol. The Kier molecular flexibility index (Phi) is 7.09. The fourth-order valence-electron chi connectivity index (χ4n) is 3.46. The minimum absolute atomic E-state index is 0.0149. The molecule has 1 saturated heterocycles. The van der Waals surface area contributed by atoms with Crippen molar-refractivity contribution in [2.24, 2.45) is 0 Å². The van der Waals surface area contributed by atoms with Crippen LogP contribution in [0.5, 0.6) is 11.5 Å². The fraction of sp³-hybridized carbons (Fsp3) is 0.391. The first-order valence-electron chi connectivity index (χ1n) is 9.90. The molecule has 0 N–H and O–H groups in total. The molecule has 1 aliphatic rings. The summed E-state index contributed by atoms with van der Waals surface area (Å²) in [6.07, 6.45) is 0.394. The van der Waals surface area contributed by atoms with Crippen LogP contribution < -0.4 is 9.47 Å². The van der Waals surface area contributed by atoms with Crippen molar-refractivity contribution in [1.82, 2.24) is 9.80 Å². The van der Waals surface area contributed by atoms with E-state index < -0.39 is 6.10 Å². The third-order valence-corrected chi connectivity index (χ3v) is 5.11. The van der Waals surface area contributed by atoms with E-state index in [9.17, 15) is 4.79 Å². The normalized spacial score (nSPS) is 15.8. The lowest BCUT2D eigenvalue weighted by molar-refractivity contribution is -0.137. The van der Waals surface area contributed by atoms with Crippen LogP contribution in [0.15, 0.2) is 48.5 Å². The third-order valence-electron chi connectivity index (χ3n) is 5.11. The van der Waals surface area contributed by atoms with E-state index in [1.54, 1.807) is 14.0 Å². The van der Waals surface area contributed by atoms with Crippen LogP contribution >= 0.6 is 0 Å². The summed E-state index contributed by atoms with van der Waals surface area (Å²) in [5.74, 6) is 1.43. The van der Waals surface area contributed by atoms with Gasteiger partial charge in [-0.3, -0.25) is 9.69 Å². The van der Waals surface area contributed by atoms with E-state index in [-0.39, 0.29) is 5.91 Å². The van der Waals surface area contributed by atoms with Crippen molar-refractivity contribution in [2.75, 3.05) is 33.3 Å². The Balaban J connectivity index is 1.52. The monoisotopic (exact) mass is 393 g/mol.